The summed E-state index contributed by atoms with van der Waals surface area (Å²) in [6, 6.07) is 7.75. The number of rotatable bonds is 4. The summed E-state index contributed by atoms with van der Waals surface area (Å²) in [5, 5.41) is 0.730. The lowest BCUT2D eigenvalue weighted by molar-refractivity contribution is -0.141. The smallest absolute Gasteiger partial charge is 0.253 e. The number of hydrogen-bond donors (Lipinski definition) is 1. The third kappa shape index (κ3) is 5.18. The summed E-state index contributed by atoms with van der Waals surface area (Å²) >= 11 is 5.88. The predicted molar refractivity (Wildman–Crippen MR) is 94.6 cm³/mol. The molecule has 126 valence electrons. The first-order chi connectivity index (χ1) is 9.65. The average molecular weight is 371 g/mol. The Hall–Kier alpha value is -0.720. The highest BCUT2D eigenvalue weighted by Crippen LogP contribution is 2.19. The van der Waals surface area contributed by atoms with E-state index in [0.717, 1.165) is 23.8 Å². The minimum Gasteiger partial charge on any atom is -0.370 e. The maximum atomic E-state index is 12.1. The number of piperazine rings is 1. The van der Waals surface area contributed by atoms with E-state index in [-0.39, 0.29) is 37.3 Å². The van der Waals surface area contributed by atoms with E-state index in [0.29, 0.717) is 13.1 Å². The van der Waals surface area contributed by atoms with Crippen LogP contribution in [0.2, 0.25) is 5.02 Å². The molecule has 0 radical (unpaired) electrons. The lowest BCUT2D eigenvalue weighted by atomic mass is 10.2. The summed E-state index contributed by atoms with van der Waals surface area (Å²) in [7, 11) is 1.51. The summed E-state index contributed by atoms with van der Waals surface area (Å²) in [4.78, 5) is 16.2. The van der Waals surface area contributed by atoms with Crippen molar-refractivity contribution in [3.8, 4) is 0 Å². The summed E-state index contributed by atoms with van der Waals surface area (Å²) < 4.78 is 5.09. The Kier molecular flexibility index (Phi) is 9.80. The zero-order valence-electron chi connectivity index (χ0n) is 12.4. The second-order valence-corrected chi connectivity index (χ2v) is 5.19. The van der Waals surface area contributed by atoms with Crippen molar-refractivity contribution < 1.29 is 9.53 Å². The third-order valence-electron chi connectivity index (χ3n) is 3.56. The molecule has 1 aromatic carbocycles. The molecule has 1 aliphatic rings. The first-order valence-electron chi connectivity index (χ1n) is 6.68. The van der Waals surface area contributed by atoms with Gasteiger partial charge in [0.2, 0.25) is 0 Å². The molecule has 1 unspecified atom stereocenters. The van der Waals surface area contributed by atoms with Crippen molar-refractivity contribution in [2.24, 2.45) is 5.73 Å². The molecule has 1 fully saturated rings. The van der Waals surface area contributed by atoms with Gasteiger partial charge >= 0.3 is 0 Å². The van der Waals surface area contributed by atoms with Crippen LogP contribution >= 0.6 is 36.4 Å². The van der Waals surface area contributed by atoms with Crippen molar-refractivity contribution in [1.29, 1.82) is 0 Å². The van der Waals surface area contributed by atoms with Crippen molar-refractivity contribution >= 4 is 48.0 Å². The molecule has 0 bridgehead atoms. The highest BCUT2D eigenvalue weighted by Gasteiger charge is 2.26. The highest BCUT2D eigenvalue weighted by atomic mass is 35.5. The van der Waals surface area contributed by atoms with Gasteiger partial charge in [0.15, 0.2) is 0 Å². The molecule has 1 atom stereocenters. The molecule has 1 amide bonds. The fourth-order valence-corrected chi connectivity index (χ4v) is 2.46. The second-order valence-electron chi connectivity index (χ2n) is 4.75. The van der Waals surface area contributed by atoms with Gasteiger partial charge in [0, 0.05) is 50.5 Å². The molecule has 0 spiro atoms. The number of nitrogens with zero attached hydrogens (tertiary/aromatic N) is 2. The lowest BCUT2D eigenvalue weighted by Gasteiger charge is -2.37. The van der Waals surface area contributed by atoms with Crippen molar-refractivity contribution in [3.63, 3.8) is 0 Å². The van der Waals surface area contributed by atoms with Gasteiger partial charge in [-0.15, -0.1) is 24.8 Å². The van der Waals surface area contributed by atoms with Crippen LogP contribution in [0.3, 0.4) is 0 Å². The van der Waals surface area contributed by atoms with Crippen molar-refractivity contribution in [2.45, 2.75) is 6.10 Å². The van der Waals surface area contributed by atoms with Gasteiger partial charge in [-0.3, -0.25) is 4.79 Å². The van der Waals surface area contributed by atoms with Gasteiger partial charge in [-0.05, 0) is 24.3 Å². The van der Waals surface area contributed by atoms with Gasteiger partial charge in [-0.1, -0.05) is 11.6 Å². The molecular weight excluding hydrogens is 349 g/mol. The van der Waals surface area contributed by atoms with Crippen molar-refractivity contribution in [2.75, 3.05) is 44.7 Å². The molecule has 1 saturated heterocycles. The van der Waals surface area contributed by atoms with Crippen LogP contribution in [0.1, 0.15) is 0 Å². The Bertz CT molecular complexity index is 447. The number of carbonyl (C=O) groups excluding carboxylic acids is 1. The molecule has 0 aliphatic carbocycles. The SMILES string of the molecule is COC(CN)C(=O)N1CCN(c2ccc(Cl)cc2)CC1.Cl.Cl. The molecule has 8 heteroatoms. The van der Waals surface area contributed by atoms with Crippen molar-refractivity contribution in [1.82, 2.24) is 4.90 Å². The molecule has 1 heterocycles. The van der Waals surface area contributed by atoms with Gasteiger partial charge in [0.25, 0.3) is 5.91 Å². The Balaban J connectivity index is 0.00000220. The van der Waals surface area contributed by atoms with E-state index < -0.39 is 6.10 Å². The molecule has 0 saturated carbocycles. The van der Waals surface area contributed by atoms with Crippen LogP contribution in [-0.4, -0.2) is 56.7 Å². The fraction of sp³-hybridized carbons (Fsp3) is 0.500. The number of halogens is 3. The largest absolute Gasteiger partial charge is 0.370 e. The molecule has 2 N–H and O–H groups in total. The molecule has 22 heavy (non-hydrogen) atoms. The number of benzene rings is 1. The third-order valence-corrected chi connectivity index (χ3v) is 3.81. The predicted octanol–water partition coefficient (Wildman–Crippen LogP) is 1.81. The Morgan fingerprint density at radius 1 is 1.23 bits per heavy atom. The van der Waals surface area contributed by atoms with Gasteiger partial charge in [-0.25, -0.2) is 0 Å². The normalized spacial score (nSPS) is 15.6. The number of amides is 1. The summed E-state index contributed by atoms with van der Waals surface area (Å²) in [6.07, 6.45) is -0.530. The number of ether oxygens (including phenoxy) is 1. The van der Waals surface area contributed by atoms with Gasteiger partial charge in [0.05, 0.1) is 0 Å². The van der Waals surface area contributed by atoms with Crippen LogP contribution in [0.5, 0.6) is 0 Å². The number of methoxy groups -OCH3 is 1. The zero-order chi connectivity index (χ0) is 14.5. The van der Waals surface area contributed by atoms with E-state index in [4.69, 9.17) is 22.1 Å². The van der Waals surface area contributed by atoms with E-state index in [2.05, 4.69) is 4.90 Å². The molecule has 1 aliphatic heterocycles. The molecule has 0 aromatic heterocycles. The van der Waals surface area contributed by atoms with E-state index in [9.17, 15) is 4.79 Å². The summed E-state index contributed by atoms with van der Waals surface area (Å²) in [6.45, 7) is 3.18. The summed E-state index contributed by atoms with van der Waals surface area (Å²) in [5.74, 6) is -0.0224. The Morgan fingerprint density at radius 3 is 2.23 bits per heavy atom. The first kappa shape index (κ1) is 21.3. The molecular formula is C14H22Cl3N3O2. The van der Waals surface area contributed by atoms with Crippen molar-refractivity contribution in [3.05, 3.63) is 29.3 Å². The first-order valence-corrected chi connectivity index (χ1v) is 7.05. The van der Waals surface area contributed by atoms with Crippen LogP contribution in [0.25, 0.3) is 0 Å². The van der Waals surface area contributed by atoms with Crippen LogP contribution in [0, 0.1) is 0 Å². The monoisotopic (exact) mass is 369 g/mol. The molecule has 1 aromatic rings. The van der Waals surface area contributed by atoms with Crippen LogP contribution in [0.15, 0.2) is 24.3 Å². The van der Waals surface area contributed by atoms with Gasteiger partial charge in [0.1, 0.15) is 6.10 Å². The van der Waals surface area contributed by atoms with Gasteiger partial charge < -0.3 is 20.3 Å². The van der Waals surface area contributed by atoms with Gasteiger partial charge in [-0.2, -0.15) is 0 Å². The Morgan fingerprint density at radius 2 is 1.77 bits per heavy atom. The number of nitrogens with two attached hydrogens (primary N) is 1. The second kappa shape index (κ2) is 10.1. The highest BCUT2D eigenvalue weighted by molar-refractivity contribution is 6.30. The Labute approximate surface area is 148 Å². The maximum absolute atomic E-state index is 12.1. The average Bonchev–Trinajstić information content (AvgIpc) is 2.49. The van der Waals surface area contributed by atoms with E-state index in [1.807, 2.05) is 29.2 Å². The topological polar surface area (TPSA) is 58.8 Å². The molecule has 5 nitrogen and oxygen atoms in total. The zero-order valence-corrected chi connectivity index (χ0v) is 14.8. The number of anilines is 1. The molecule has 2 rings (SSSR count). The van der Waals surface area contributed by atoms with Crippen LogP contribution < -0.4 is 10.6 Å². The maximum Gasteiger partial charge on any atom is 0.253 e. The van der Waals surface area contributed by atoms with E-state index in [1.54, 1.807) is 0 Å². The van der Waals surface area contributed by atoms with E-state index in [1.165, 1.54) is 7.11 Å². The summed E-state index contributed by atoms with van der Waals surface area (Å²) in [5.41, 5.74) is 6.66. The van der Waals surface area contributed by atoms with Crippen LogP contribution in [0.4, 0.5) is 5.69 Å². The minimum absolute atomic E-state index is 0. The standard InChI is InChI=1S/C14H20ClN3O2.2ClH/c1-20-13(10-16)14(19)18-8-6-17(7-9-18)12-4-2-11(15)3-5-12;;/h2-5,13H,6-10,16H2,1H3;2*1H. The fourth-order valence-electron chi connectivity index (χ4n) is 2.34. The number of carbonyl (C=O) groups is 1. The van der Waals surface area contributed by atoms with Crippen LogP contribution in [-0.2, 0) is 9.53 Å². The minimum atomic E-state index is -0.530. The quantitative estimate of drug-likeness (QED) is 0.878. The van der Waals surface area contributed by atoms with E-state index >= 15 is 0 Å². The number of hydrogen-bond acceptors (Lipinski definition) is 4. The lowest BCUT2D eigenvalue weighted by Crippen LogP contribution is -2.53.